The van der Waals surface area contributed by atoms with Gasteiger partial charge in [-0.25, -0.2) is 4.98 Å². The number of carbonyl (C=O) groups excluding carboxylic acids is 2. The predicted molar refractivity (Wildman–Crippen MR) is 82.2 cm³/mol. The quantitative estimate of drug-likeness (QED) is 0.912. The van der Waals surface area contributed by atoms with Gasteiger partial charge in [-0.15, -0.1) is 11.3 Å². The van der Waals surface area contributed by atoms with E-state index in [0.29, 0.717) is 24.4 Å². The number of rotatable bonds is 4. The van der Waals surface area contributed by atoms with Gasteiger partial charge < -0.3 is 10.6 Å². The molecule has 0 bridgehead atoms. The zero-order valence-electron chi connectivity index (χ0n) is 11.3. The van der Waals surface area contributed by atoms with Crippen molar-refractivity contribution in [3.63, 3.8) is 0 Å². The number of nitrogens with zero attached hydrogens (tertiary/aromatic N) is 1. The Hall–Kier alpha value is -2.21. The molecule has 0 radical (unpaired) electrons. The predicted octanol–water partition coefficient (Wildman–Crippen LogP) is 2.67. The molecule has 6 heteroatoms. The topological polar surface area (TPSA) is 71.1 Å². The fourth-order valence-corrected chi connectivity index (χ4v) is 2.96. The standard InChI is InChI=1S/C15H15N3O2S/c19-13(18-15-16-7-8-21-15)6-5-11-9-10-3-1-2-4-12(10)17-14(11)20/h1-4,7-8,11H,5-6,9H2,(H,17,20)(H,16,18,19)/t11-/m1/s1. The van der Waals surface area contributed by atoms with E-state index < -0.39 is 0 Å². The first kappa shape index (κ1) is 13.8. The van der Waals surface area contributed by atoms with Gasteiger partial charge in [0, 0.05) is 29.6 Å². The van der Waals surface area contributed by atoms with Gasteiger partial charge in [-0.05, 0) is 24.5 Å². The van der Waals surface area contributed by atoms with Gasteiger partial charge >= 0.3 is 0 Å². The zero-order valence-corrected chi connectivity index (χ0v) is 12.2. The SMILES string of the molecule is O=C(CC[C@@H]1Cc2ccccc2NC1=O)Nc1nccs1. The second-order valence-corrected chi connectivity index (χ2v) is 5.87. The summed E-state index contributed by atoms with van der Waals surface area (Å²) in [5, 5.41) is 8.03. The Morgan fingerprint density at radius 2 is 2.29 bits per heavy atom. The Morgan fingerprint density at radius 3 is 3.10 bits per heavy atom. The minimum absolute atomic E-state index is 0.00394. The average molecular weight is 301 g/mol. The van der Waals surface area contributed by atoms with Crippen molar-refractivity contribution >= 4 is 34.0 Å². The summed E-state index contributed by atoms with van der Waals surface area (Å²) in [6.07, 6.45) is 3.19. The van der Waals surface area contributed by atoms with Crippen LogP contribution in [0.25, 0.3) is 0 Å². The van der Waals surface area contributed by atoms with E-state index in [2.05, 4.69) is 15.6 Å². The number of benzene rings is 1. The fraction of sp³-hybridized carbons (Fsp3) is 0.267. The van der Waals surface area contributed by atoms with E-state index in [1.807, 2.05) is 24.3 Å². The second kappa shape index (κ2) is 6.05. The number of hydrogen-bond donors (Lipinski definition) is 2. The monoisotopic (exact) mass is 301 g/mol. The number of anilines is 2. The number of hydrogen-bond acceptors (Lipinski definition) is 4. The van der Waals surface area contributed by atoms with Crippen LogP contribution < -0.4 is 10.6 Å². The van der Waals surface area contributed by atoms with E-state index in [1.54, 1.807) is 11.6 Å². The summed E-state index contributed by atoms with van der Waals surface area (Å²) in [6, 6.07) is 7.78. The van der Waals surface area contributed by atoms with Crippen LogP contribution >= 0.6 is 11.3 Å². The molecule has 2 N–H and O–H groups in total. The number of thiazole rings is 1. The van der Waals surface area contributed by atoms with Crippen molar-refractivity contribution in [3.8, 4) is 0 Å². The second-order valence-electron chi connectivity index (χ2n) is 4.97. The van der Waals surface area contributed by atoms with Gasteiger partial charge in [0.05, 0.1) is 0 Å². The summed E-state index contributed by atoms with van der Waals surface area (Å²) in [5.74, 6) is -0.255. The molecule has 2 aromatic rings. The summed E-state index contributed by atoms with van der Waals surface area (Å²) in [4.78, 5) is 27.9. The van der Waals surface area contributed by atoms with E-state index >= 15 is 0 Å². The van der Waals surface area contributed by atoms with Crippen LogP contribution in [0.4, 0.5) is 10.8 Å². The van der Waals surface area contributed by atoms with Gasteiger partial charge in [0.2, 0.25) is 11.8 Å². The Labute approximate surface area is 126 Å². The molecule has 2 amide bonds. The molecule has 1 aromatic carbocycles. The number of para-hydroxylation sites is 1. The third-order valence-electron chi connectivity index (χ3n) is 3.51. The van der Waals surface area contributed by atoms with Crippen LogP contribution in [-0.2, 0) is 16.0 Å². The maximum atomic E-state index is 12.0. The van der Waals surface area contributed by atoms with Gasteiger partial charge in [-0.1, -0.05) is 18.2 Å². The van der Waals surface area contributed by atoms with E-state index in [0.717, 1.165) is 11.3 Å². The molecule has 0 aliphatic carbocycles. The molecule has 5 nitrogen and oxygen atoms in total. The molecule has 0 spiro atoms. The minimum Gasteiger partial charge on any atom is -0.326 e. The van der Waals surface area contributed by atoms with Crippen molar-refractivity contribution < 1.29 is 9.59 Å². The lowest BCUT2D eigenvalue weighted by molar-refractivity contribution is -0.121. The largest absolute Gasteiger partial charge is 0.326 e. The molecule has 0 saturated carbocycles. The first-order valence-corrected chi connectivity index (χ1v) is 7.68. The van der Waals surface area contributed by atoms with Crippen LogP contribution in [0.1, 0.15) is 18.4 Å². The molecule has 3 rings (SSSR count). The van der Waals surface area contributed by atoms with Crippen LogP contribution in [0.2, 0.25) is 0 Å². The fourth-order valence-electron chi connectivity index (χ4n) is 2.42. The van der Waals surface area contributed by atoms with Crippen molar-refractivity contribution in [1.82, 2.24) is 4.98 Å². The van der Waals surface area contributed by atoms with Gasteiger partial charge in [0.1, 0.15) is 0 Å². The highest BCUT2D eigenvalue weighted by Crippen LogP contribution is 2.27. The maximum Gasteiger partial charge on any atom is 0.227 e. The first-order chi connectivity index (χ1) is 10.2. The van der Waals surface area contributed by atoms with Crippen molar-refractivity contribution in [1.29, 1.82) is 0 Å². The lowest BCUT2D eigenvalue weighted by atomic mass is 9.89. The van der Waals surface area contributed by atoms with Crippen molar-refractivity contribution in [2.75, 3.05) is 10.6 Å². The lowest BCUT2D eigenvalue weighted by Gasteiger charge is -2.24. The van der Waals surface area contributed by atoms with Gasteiger partial charge in [-0.2, -0.15) is 0 Å². The van der Waals surface area contributed by atoms with Gasteiger partial charge in [0.15, 0.2) is 5.13 Å². The molecule has 2 heterocycles. The smallest absolute Gasteiger partial charge is 0.227 e. The summed E-state index contributed by atoms with van der Waals surface area (Å²) in [5.41, 5.74) is 2.01. The van der Waals surface area contributed by atoms with Crippen LogP contribution in [-0.4, -0.2) is 16.8 Å². The Bertz CT molecular complexity index is 655. The highest BCUT2D eigenvalue weighted by Gasteiger charge is 2.26. The molecule has 1 aromatic heterocycles. The Balaban J connectivity index is 1.56. The third-order valence-corrected chi connectivity index (χ3v) is 4.20. The summed E-state index contributed by atoms with van der Waals surface area (Å²) >= 11 is 1.38. The normalized spacial score (nSPS) is 17.0. The summed E-state index contributed by atoms with van der Waals surface area (Å²) in [7, 11) is 0. The molecule has 108 valence electrons. The van der Waals surface area contributed by atoms with Crippen LogP contribution in [0, 0.1) is 5.92 Å². The molecule has 0 fully saturated rings. The van der Waals surface area contributed by atoms with Gasteiger partial charge in [0.25, 0.3) is 0 Å². The lowest BCUT2D eigenvalue weighted by Crippen LogP contribution is -2.30. The molecule has 21 heavy (non-hydrogen) atoms. The van der Waals surface area contributed by atoms with E-state index in [-0.39, 0.29) is 17.7 Å². The number of aromatic nitrogens is 1. The Morgan fingerprint density at radius 1 is 1.43 bits per heavy atom. The van der Waals surface area contributed by atoms with E-state index in [9.17, 15) is 9.59 Å². The van der Waals surface area contributed by atoms with Crippen molar-refractivity contribution in [2.24, 2.45) is 5.92 Å². The molecule has 0 unspecified atom stereocenters. The summed E-state index contributed by atoms with van der Waals surface area (Å²) in [6.45, 7) is 0. The third kappa shape index (κ3) is 3.28. The van der Waals surface area contributed by atoms with Crippen LogP contribution in [0.3, 0.4) is 0 Å². The highest BCUT2D eigenvalue weighted by molar-refractivity contribution is 7.13. The first-order valence-electron chi connectivity index (χ1n) is 6.80. The zero-order chi connectivity index (χ0) is 14.7. The number of carbonyl (C=O) groups is 2. The molecule has 1 atom stereocenters. The van der Waals surface area contributed by atoms with Crippen molar-refractivity contribution in [3.05, 3.63) is 41.4 Å². The minimum atomic E-state index is -0.151. The molecular weight excluding hydrogens is 286 g/mol. The average Bonchev–Trinajstić information content (AvgIpc) is 2.98. The molecule has 1 aliphatic heterocycles. The number of amides is 2. The molecule has 0 saturated heterocycles. The number of nitrogens with one attached hydrogen (secondary N) is 2. The van der Waals surface area contributed by atoms with Crippen LogP contribution in [0.15, 0.2) is 35.8 Å². The van der Waals surface area contributed by atoms with E-state index in [1.165, 1.54) is 11.3 Å². The Kier molecular flexibility index (Phi) is 3.96. The molecular formula is C15H15N3O2S. The van der Waals surface area contributed by atoms with Crippen LogP contribution in [0.5, 0.6) is 0 Å². The van der Waals surface area contributed by atoms with E-state index in [4.69, 9.17) is 0 Å². The van der Waals surface area contributed by atoms with Gasteiger partial charge in [-0.3, -0.25) is 9.59 Å². The molecule has 1 aliphatic rings. The summed E-state index contributed by atoms with van der Waals surface area (Å²) < 4.78 is 0. The van der Waals surface area contributed by atoms with Crippen molar-refractivity contribution in [2.45, 2.75) is 19.3 Å². The maximum absolute atomic E-state index is 12.0. The number of fused-ring (bicyclic) bond motifs is 1. The highest BCUT2D eigenvalue weighted by atomic mass is 32.1.